The number of halogens is 1. The van der Waals surface area contributed by atoms with Gasteiger partial charge in [-0.2, -0.15) is 4.98 Å². The van der Waals surface area contributed by atoms with Gasteiger partial charge in [0.15, 0.2) is 5.39 Å². The largest absolute Gasteiger partial charge is 0.497 e. The Kier molecular flexibility index (Phi) is 4.60. The Bertz CT molecular complexity index is 1350. The summed E-state index contributed by atoms with van der Waals surface area (Å²) in [5, 5.41) is 0.214. The van der Waals surface area contributed by atoms with Gasteiger partial charge in [-0.25, -0.2) is 0 Å². The minimum Gasteiger partial charge on any atom is -0.497 e. The molecule has 0 unspecified atom stereocenters. The molecule has 2 aromatic heterocycles. The zero-order valence-electron chi connectivity index (χ0n) is 14.9. The van der Waals surface area contributed by atoms with Gasteiger partial charge in [0.05, 0.1) is 12.5 Å². The fraction of sp³-hybridized carbons (Fsp3) is 0.0952. The Hall–Kier alpha value is -3.19. The number of methoxy groups -OCH3 is 1. The Balaban J connectivity index is 2.14. The van der Waals surface area contributed by atoms with E-state index in [4.69, 9.17) is 9.15 Å². The fourth-order valence-corrected chi connectivity index (χ4v) is 3.49. The van der Waals surface area contributed by atoms with Crippen LogP contribution < -0.4 is 15.7 Å². The van der Waals surface area contributed by atoms with Gasteiger partial charge in [0.1, 0.15) is 17.2 Å². The Morgan fingerprint density at radius 1 is 1.25 bits per heavy atom. The van der Waals surface area contributed by atoms with E-state index in [2.05, 4.69) is 27.5 Å². The second kappa shape index (κ2) is 7.09. The molecular weight excluding hydrogens is 424 g/mol. The molecule has 7 heteroatoms. The predicted molar refractivity (Wildman–Crippen MR) is 112 cm³/mol. The number of rotatable bonds is 4. The number of fused-ring (bicyclic) bond motifs is 2. The van der Waals surface area contributed by atoms with E-state index in [-0.39, 0.29) is 17.6 Å². The van der Waals surface area contributed by atoms with Gasteiger partial charge in [0, 0.05) is 22.6 Å². The third kappa shape index (κ3) is 2.93. The molecule has 0 aliphatic rings. The number of hydrogen-bond acceptors (Lipinski definition) is 5. The Labute approximate surface area is 167 Å². The molecule has 6 nitrogen and oxygen atoms in total. The molecule has 0 bridgehead atoms. The summed E-state index contributed by atoms with van der Waals surface area (Å²) in [6, 6.07) is 12.2. The molecule has 2 aromatic carbocycles. The molecule has 0 saturated carbocycles. The van der Waals surface area contributed by atoms with Crippen molar-refractivity contribution < 1.29 is 9.15 Å². The highest BCUT2D eigenvalue weighted by Crippen LogP contribution is 2.25. The van der Waals surface area contributed by atoms with E-state index in [9.17, 15) is 9.59 Å². The molecule has 4 aromatic rings. The third-order valence-electron chi connectivity index (χ3n) is 4.40. The van der Waals surface area contributed by atoms with Crippen LogP contribution in [-0.2, 0) is 6.54 Å². The van der Waals surface area contributed by atoms with E-state index in [1.807, 2.05) is 24.3 Å². The van der Waals surface area contributed by atoms with Gasteiger partial charge in [-0.05, 0) is 24.3 Å². The van der Waals surface area contributed by atoms with Gasteiger partial charge in [0.25, 0.3) is 5.56 Å². The quantitative estimate of drug-likeness (QED) is 0.353. The average Bonchev–Trinajstić information content (AvgIpc) is 2.69. The van der Waals surface area contributed by atoms with Crippen molar-refractivity contribution in [1.82, 2.24) is 9.55 Å². The Morgan fingerprint density at radius 2 is 2.07 bits per heavy atom. The summed E-state index contributed by atoms with van der Waals surface area (Å²) in [5.74, 6) is 0.936. The maximum atomic E-state index is 13.2. The average molecular weight is 439 g/mol. The normalized spacial score (nSPS) is 11.1. The van der Waals surface area contributed by atoms with Crippen LogP contribution in [0.2, 0.25) is 0 Å². The first-order chi connectivity index (χ1) is 13.5. The van der Waals surface area contributed by atoms with E-state index < -0.39 is 11.0 Å². The first kappa shape index (κ1) is 18.2. The standard InChI is InChI=1S/C21H15BrN2O4/c1-3-9-24-19(12-5-4-6-13(22)10-12)23-20-17(21(24)26)18(25)15-8-7-14(27-2)11-16(15)28-20/h3-8,10-11H,1,9H2,2H3. The van der Waals surface area contributed by atoms with Crippen LogP contribution in [0.5, 0.6) is 5.75 Å². The molecule has 0 amide bonds. The molecule has 0 radical (unpaired) electrons. The van der Waals surface area contributed by atoms with Crippen molar-refractivity contribution in [2.24, 2.45) is 0 Å². The molecule has 0 spiro atoms. The van der Waals surface area contributed by atoms with Crippen LogP contribution in [0.25, 0.3) is 33.5 Å². The molecule has 0 aliphatic heterocycles. The predicted octanol–water partition coefficient (Wildman–Crippen LogP) is 4.13. The molecule has 0 saturated heterocycles. The highest BCUT2D eigenvalue weighted by Gasteiger charge is 2.18. The van der Waals surface area contributed by atoms with Gasteiger partial charge >= 0.3 is 0 Å². The van der Waals surface area contributed by atoms with Crippen molar-refractivity contribution in [3.8, 4) is 17.1 Å². The zero-order valence-corrected chi connectivity index (χ0v) is 16.5. The minimum atomic E-state index is -0.466. The number of aromatic nitrogens is 2. The van der Waals surface area contributed by atoms with E-state index >= 15 is 0 Å². The van der Waals surface area contributed by atoms with Crippen molar-refractivity contribution in [3.05, 3.63) is 80.2 Å². The summed E-state index contributed by atoms with van der Waals surface area (Å²) < 4.78 is 13.3. The molecule has 0 fully saturated rings. The first-order valence-corrected chi connectivity index (χ1v) is 9.25. The summed E-state index contributed by atoms with van der Waals surface area (Å²) in [7, 11) is 1.53. The number of hydrogen-bond donors (Lipinski definition) is 0. The summed E-state index contributed by atoms with van der Waals surface area (Å²) in [6.45, 7) is 3.92. The summed E-state index contributed by atoms with van der Waals surface area (Å²) in [4.78, 5) is 30.7. The van der Waals surface area contributed by atoms with Crippen molar-refractivity contribution in [1.29, 1.82) is 0 Å². The lowest BCUT2D eigenvalue weighted by Crippen LogP contribution is -2.27. The number of benzene rings is 2. The maximum absolute atomic E-state index is 13.2. The molecule has 140 valence electrons. The van der Waals surface area contributed by atoms with Crippen molar-refractivity contribution in [2.75, 3.05) is 7.11 Å². The highest BCUT2D eigenvalue weighted by atomic mass is 79.9. The van der Waals surface area contributed by atoms with Crippen LogP contribution in [-0.4, -0.2) is 16.7 Å². The molecular formula is C21H15BrN2O4. The van der Waals surface area contributed by atoms with Crippen LogP contribution in [0, 0.1) is 0 Å². The van der Waals surface area contributed by atoms with E-state index in [0.717, 1.165) is 4.47 Å². The number of nitrogens with zero attached hydrogens (tertiary/aromatic N) is 2. The van der Waals surface area contributed by atoms with Crippen molar-refractivity contribution in [3.63, 3.8) is 0 Å². The zero-order chi connectivity index (χ0) is 19.8. The van der Waals surface area contributed by atoms with Crippen LogP contribution in [0.3, 0.4) is 0 Å². The second-order valence-electron chi connectivity index (χ2n) is 6.12. The number of allylic oxidation sites excluding steroid dienone is 1. The first-order valence-electron chi connectivity index (χ1n) is 8.45. The van der Waals surface area contributed by atoms with Crippen LogP contribution in [0.1, 0.15) is 0 Å². The molecule has 4 rings (SSSR count). The number of ether oxygens (including phenoxy) is 1. The molecule has 2 heterocycles. The van der Waals surface area contributed by atoms with Crippen molar-refractivity contribution in [2.45, 2.75) is 6.54 Å². The fourth-order valence-electron chi connectivity index (χ4n) is 3.09. The third-order valence-corrected chi connectivity index (χ3v) is 4.89. The van der Waals surface area contributed by atoms with Gasteiger partial charge in [-0.3, -0.25) is 14.2 Å². The summed E-state index contributed by atoms with van der Waals surface area (Å²) in [5.41, 5.74) is 0.126. The van der Waals surface area contributed by atoms with Crippen molar-refractivity contribution >= 4 is 38.0 Å². The smallest absolute Gasteiger partial charge is 0.269 e. The van der Waals surface area contributed by atoms with Crippen LogP contribution in [0.15, 0.2) is 73.6 Å². The van der Waals surface area contributed by atoms with Crippen LogP contribution >= 0.6 is 15.9 Å². The monoisotopic (exact) mass is 438 g/mol. The summed E-state index contributed by atoms with van der Waals surface area (Å²) >= 11 is 3.43. The summed E-state index contributed by atoms with van der Waals surface area (Å²) in [6.07, 6.45) is 1.59. The SMILES string of the molecule is C=CCn1c(-c2cccc(Br)c2)nc2oc3cc(OC)ccc3c(=O)c2c1=O. The topological polar surface area (TPSA) is 74.3 Å². The van der Waals surface area contributed by atoms with E-state index in [1.165, 1.54) is 11.7 Å². The lowest BCUT2D eigenvalue weighted by molar-refractivity contribution is 0.414. The second-order valence-corrected chi connectivity index (χ2v) is 7.04. The van der Waals surface area contributed by atoms with E-state index in [0.29, 0.717) is 28.1 Å². The van der Waals surface area contributed by atoms with Gasteiger partial charge in [0.2, 0.25) is 11.1 Å². The lowest BCUT2D eigenvalue weighted by atomic mass is 10.1. The minimum absolute atomic E-state index is 0.00830. The molecule has 0 aliphatic carbocycles. The van der Waals surface area contributed by atoms with E-state index in [1.54, 1.807) is 24.3 Å². The molecule has 28 heavy (non-hydrogen) atoms. The highest BCUT2D eigenvalue weighted by molar-refractivity contribution is 9.10. The van der Waals surface area contributed by atoms with Gasteiger partial charge in [-0.1, -0.05) is 34.1 Å². The Morgan fingerprint density at radius 3 is 2.79 bits per heavy atom. The molecule has 0 N–H and O–H groups in total. The van der Waals surface area contributed by atoms with Gasteiger partial charge in [-0.15, -0.1) is 6.58 Å². The maximum Gasteiger partial charge on any atom is 0.269 e. The van der Waals surface area contributed by atoms with Crippen LogP contribution in [0.4, 0.5) is 0 Å². The molecule has 0 atom stereocenters. The lowest BCUT2D eigenvalue weighted by Gasteiger charge is -2.12. The van der Waals surface area contributed by atoms with Gasteiger partial charge < -0.3 is 9.15 Å².